The Kier molecular flexibility index (Phi) is 5.61. The van der Waals surface area contributed by atoms with Gasteiger partial charge in [-0.05, 0) is 25.1 Å². The van der Waals surface area contributed by atoms with Crippen molar-refractivity contribution in [3.8, 4) is 0 Å². The van der Waals surface area contributed by atoms with Gasteiger partial charge in [0.15, 0.2) is 0 Å². The quantitative estimate of drug-likeness (QED) is 0.688. The molecule has 2 aliphatic heterocycles. The molecule has 0 spiro atoms. The molecule has 0 aromatic heterocycles. The third kappa shape index (κ3) is 4.48. The Hall–Kier alpha value is -0.260. The molecule has 1 unspecified atom stereocenters. The number of carbonyl (C=O) groups is 1. The number of nitrogens with one attached hydrogen (secondary N) is 2. The van der Waals surface area contributed by atoms with Crippen LogP contribution in [0.2, 0.25) is 0 Å². The molecule has 2 heterocycles. The molecular weight excluding hydrogens is 234 g/mol. The molecule has 0 aromatic rings. The van der Waals surface area contributed by atoms with E-state index < -0.39 is 0 Å². The van der Waals surface area contributed by atoms with Crippen molar-refractivity contribution in [2.24, 2.45) is 5.92 Å². The van der Waals surface area contributed by atoms with Gasteiger partial charge < -0.3 is 15.5 Å². The van der Waals surface area contributed by atoms with Crippen molar-refractivity contribution in [1.82, 2.24) is 15.5 Å². The van der Waals surface area contributed by atoms with E-state index >= 15 is 0 Å². The maximum atomic E-state index is 11.7. The minimum absolute atomic E-state index is 0.273. The summed E-state index contributed by atoms with van der Waals surface area (Å²) in [6.07, 6.45) is 2.14. The second-order valence-electron chi connectivity index (χ2n) is 4.80. The summed E-state index contributed by atoms with van der Waals surface area (Å²) in [7, 11) is 0. The van der Waals surface area contributed by atoms with Crippen LogP contribution in [0.4, 0.5) is 0 Å². The number of piperazine rings is 1. The number of nitrogens with zero attached hydrogens (tertiary/aromatic N) is 1. The third-order valence-electron chi connectivity index (χ3n) is 3.46. The van der Waals surface area contributed by atoms with Gasteiger partial charge in [0.25, 0.3) is 0 Å². The fourth-order valence-corrected chi connectivity index (χ4v) is 3.56. The number of rotatable bonds is 5. The van der Waals surface area contributed by atoms with E-state index in [2.05, 4.69) is 15.5 Å². The zero-order valence-electron chi connectivity index (χ0n) is 10.4. The predicted octanol–water partition coefficient (Wildman–Crippen LogP) is 0.151. The van der Waals surface area contributed by atoms with Gasteiger partial charge in [0.05, 0.1) is 0 Å². The molecule has 2 rings (SSSR count). The van der Waals surface area contributed by atoms with E-state index in [-0.39, 0.29) is 11.8 Å². The molecule has 4 nitrogen and oxygen atoms in total. The maximum Gasteiger partial charge on any atom is 0.223 e. The zero-order valence-corrected chi connectivity index (χ0v) is 11.2. The molecule has 98 valence electrons. The Balaban J connectivity index is 1.51. The Morgan fingerprint density at radius 2 is 2.24 bits per heavy atom. The molecule has 1 atom stereocenters. The van der Waals surface area contributed by atoms with E-state index in [1.54, 1.807) is 0 Å². The summed E-state index contributed by atoms with van der Waals surface area (Å²) in [6, 6.07) is 0. The number of hydrogen-bond donors (Lipinski definition) is 2. The highest BCUT2D eigenvalue weighted by Gasteiger charge is 2.22. The largest absolute Gasteiger partial charge is 0.356 e. The molecule has 5 heteroatoms. The van der Waals surface area contributed by atoms with Crippen molar-refractivity contribution in [3.63, 3.8) is 0 Å². The van der Waals surface area contributed by atoms with Crippen molar-refractivity contribution < 1.29 is 4.79 Å². The van der Waals surface area contributed by atoms with Crippen LogP contribution in [0.5, 0.6) is 0 Å². The van der Waals surface area contributed by atoms with Gasteiger partial charge in [-0.2, -0.15) is 11.8 Å². The van der Waals surface area contributed by atoms with Crippen LogP contribution in [0.1, 0.15) is 12.8 Å². The molecular formula is C12H23N3OS. The molecule has 2 saturated heterocycles. The summed E-state index contributed by atoms with van der Waals surface area (Å²) in [6.45, 7) is 6.45. The molecule has 0 radical (unpaired) electrons. The SMILES string of the molecule is O=C(NCCCN1CCNCC1)C1CCSC1. The summed E-state index contributed by atoms with van der Waals surface area (Å²) in [5.74, 6) is 2.72. The fourth-order valence-electron chi connectivity index (χ4n) is 2.33. The van der Waals surface area contributed by atoms with Crippen LogP contribution in [0.15, 0.2) is 0 Å². The minimum atomic E-state index is 0.273. The van der Waals surface area contributed by atoms with E-state index in [4.69, 9.17) is 0 Å². The smallest absolute Gasteiger partial charge is 0.223 e. The van der Waals surface area contributed by atoms with Gasteiger partial charge in [0.1, 0.15) is 0 Å². The van der Waals surface area contributed by atoms with Gasteiger partial charge in [-0.15, -0.1) is 0 Å². The standard InChI is InChI=1S/C12H23N3OS/c16-12(11-2-9-17-10-11)14-3-1-6-15-7-4-13-5-8-15/h11,13H,1-10H2,(H,14,16). The van der Waals surface area contributed by atoms with Crippen LogP contribution in [-0.4, -0.2) is 61.6 Å². The number of amides is 1. The number of hydrogen-bond acceptors (Lipinski definition) is 4. The summed E-state index contributed by atoms with van der Waals surface area (Å²) >= 11 is 1.90. The molecule has 0 bridgehead atoms. The molecule has 17 heavy (non-hydrogen) atoms. The first-order valence-corrected chi connectivity index (χ1v) is 7.80. The highest BCUT2D eigenvalue weighted by Crippen LogP contribution is 2.23. The average molecular weight is 257 g/mol. The van der Waals surface area contributed by atoms with Gasteiger partial charge in [0, 0.05) is 44.4 Å². The monoisotopic (exact) mass is 257 g/mol. The van der Waals surface area contributed by atoms with Crippen molar-refractivity contribution >= 4 is 17.7 Å². The Labute approximate surface area is 108 Å². The highest BCUT2D eigenvalue weighted by molar-refractivity contribution is 7.99. The third-order valence-corrected chi connectivity index (χ3v) is 4.62. The average Bonchev–Trinajstić information content (AvgIpc) is 2.89. The highest BCUT2D eigenvalue weighted by atomic mass is 32.2. The van der Waals surface area contributed by atoms with Gasteiger partial charge in [-0.25, -0.2) is 0 Å². The maximum absolute atomic E-state index is 11.7. The molecule has 0 aromatic carbocycles. The lowest BCUT2D eigenvalue weighted by Crippen LogP contribution is -2.44. The van der Waals surface area contributed by atoms with Crippen LogP contribution >= 0.6 is 11.8 Å². The lowest BCUT2D eigenvalue weighted by Gasteiger charge is -2.27. The minimum Gasteiger partial charge on any atom is -0.356 e. The summed E-state index contributed by atoms with van der Waals surface area (Å²) < 4.78 is 0. The first kappa shape index (κ1) is 13.2. The van der Waals surface area contributed by atoms with Gasteiger partial charge in [-0.3, -0.25) is 4.79 Å². The van der Waals surface area contributed by atoms with E-state index in [9.17, 15) is 4.79 Å². The van der Waals surface area contributed by atoms with Crippen LogP contribution in [0, 0.1) is 5.92 Å². The lowest BCUT2D eigenvalue weighted by molar-refractivity contribution is -0.124. The van der Waals surface area contributed by atoms with Crippen LogP contribution < -0.4 is 10.6 Å². The predicted molar refractivity (Wildman–Crippen MR) is 72.4 cm³/mol. The summed E-state index contributed by atoms with van der Waals surface area (Å²) in [5, 5.41) is 6.42. The molecule has 2 N–H and O–H groups in total. The Morgan fingerprint density at radius 1 is 1.41 bits per heavy atom. The molecule has 2 fully saturated rings. The first-order valence-electron chi connectivity index (χ1n) is 6.65. The molecule has 0 saturated carbocycles. The second-order valence-corrected chi connectivity index (χ2v) is 5.95. The van der Waals surface area contributed by atoms with E-state index in [0.29, 0.717) is 0 Å². The topological polar surface area (TPSA) is 44.4 Å². The summed E-state index contributed by atoms with van der Waals surface area (Å²) in [5.41, 5.74) is 0. The van der Waals surface area contributed by atoms with E-state index in [1.165, 1.54) is 0 Å². The number of carbonyl (C=O) groups excluding carboxylic acids is 1. The summed E-state index contributed by atoms with van der Waals surface area (Å²) in [4.78, 5) is 14.2. The Bertz CT molecular complexity index is 238. The van der Waals surface area contributed by atoms with Crippen LogP contribution in [0.25, 0.3) is 0 Å². The molecule has 0 aliphatic carbocycles. The van der Waals surface area contributed by atoms with Gasteiger partial charge in [-0.1, -0.05) is 0 Å². The van der Waals surface area contributed by atoms with Crippen LogP contribution in [0.3, 0.4) is 0 Å². The normalized spacial score (nSPS) is 26.0. The first-order chi connectivity index (χ1) is 8.36. The van der Waals surface area contributed by atoms with Gasteiger partial charge >= 0.3 is 0 Å². The lowest BCUT2D eigenvalue weighted by atomic mass is 10.1. The number of thioether (sulfide) groups is 1. The van der Waals surface area contributed by atoms with Crippen molar-refractivity contribution in [2.45, 2.75) is 12.8 Å². The van der Waals surface area contributed by atoms with E-state index in [0.717, 1.165) is 63.6 Å². The second kappa shape index (κ2) is 7.24. The molecule has 1 amide bonds. The van der Waals surface area contributed by atoms with E-state index in [1.807, 2.05) is 11.8 Å². The van der Waals surface area contributed by atoms with Crippen molar-refractivity contribution in [1.29, 1.82) is 0 Å². The fraction of sp³-hybridized carbons (Fsp3) is 0.917. The zero-order chi connectivity index (χ0) is 11.9. The van der Waals surface area contributed by atoms with Crippen molar-refractivity contribution in [2.75, 3.05) is 50.8 Å². The Morgan fingerprint density at radius 3 is 2.94 bits per heavy atom. The van der Waals surface area contributed by atoms with Crippen LogP contribution in [-0.2, 0) is 4.79 Å². The molecule has 2 aliphatic rings. The van der Waals surface area contributed by atoms with Gasteiger partial charge in [0.2, 0.25) is 5.91 Å². The van der Waals surface area contributed by atoms with Crippen molar-refractivity contribution in [3.05, 3.63) is 0 Å².